The summed E-state index contributed by atoms with van der Waals surface area (Å²) in [6.45, 7) is 27.9. The van der Waals surface area contributed by atoms with Crippen molar-refractivity contribution >= 4 is 37.1 Å². The molecule has 404 valence electrons. The van der Waals surface area contributed by atoms with Gasteiger partial charge in [-0.15, -0.1) is 0 Å². The highest BCUT2D eigenvalue weighted by atomic mass is 31.1. The van der Waals surface area contributed by atoms with Gasteiger partial charge >= 0.3 is 0 Å². The molecule has 1 aliphatic carbocycles. The van der Waals surface area contributed by atoms with Crippen LogP contribution in [0.3, 0.4) is 0 Å². The number of methoxy groups -OCH3 is 2. The van der Waals surface area contributed by atoms with Gasteiger partial charge in [0, 0.05) is 25.7 Å². The minimum absolute atomic E-state index is 0.153. The predicted octanol–water partition coefficient (Wildman–Crippen LogP) is 16.5. The minimum atomic E-state index is -0.874. The summed E-state index contributed by atoms with van der Waals surface area (Å²) in [6.07, 6.45) is 3.50. The van der Waals surface area contributed by atoms with Gasteiger partial charge < -0.3 is 18.9 Å². The topological polar surface area (TPSA) is 36.9 Å². The van der Waals surface area contributed by atoms with E-state index in [0.717, 1.165) is 67.5 Å². The van der Waals surface area contributed by atoms with Crippen molar-refractivity contribution in [3.63, 3.8) is 0 Å². The summed E-state index contributed by atoms with van der Waals surface area (Å²) in [6, 6.07) is 63.0. The molecule has 0 saturated carbocycles. The van der Waals surface area contributed by atoms with Crippen molar-refractivity contribution in [2.75, 3.05) is 26.9 Å². The molecule has 9 rings (SSSR count). The fourth-order valence-electron chi connectivity index (χ4n) is 10.8. The summed E-state index contributed by atoms with van der Waals surface area (Å²) in [5.74, 6) is 3.69. The van der Waals surface area contributed by atoms with Gasteiger partial charge in [0.25, 0.3) is 0 Å². The molecule has 0 spiro atoms. The molecule has 8 aromatic carbocycles. The first-order chi connectivity index (χ1) is 37.1. The quantitative estimate of drug-likeness (QED) is 0.114. The van der Waals surface area contributed by atoms with Gasteiger partial charge in [-0.05, 0) is 125 Å². The average Bonchev–Trinajstić information content (AvgIpc) is 3.49. The smallest absolute Gasteiger partial charge is 0.126 e. The Morgan fingerprint density at radius 3 is 0.667 bits per heavy atom. The Hall–Kier alpha value is -6.18. The Balaban J connectivity index is 1.33. The second-order valence-electron chi connectivity index (χ2n) is 25.4. The van der Waals surface area contributed by atoms with Gasteiger partial charge in [0.1, 0.15) is 35.7 Å². The first-order valence-corrected chi connectivity index (χ1v) is 30.9. The van der Waals surface area contributed by atoms with Crippen LogP contribution in [0.1, 0.15) is 150 Å². The fourth-order valence-corrected chi connectivity index (χ4v) is 14.6. The van der Waals surface area contributed by atoms with E-state index >= 15 is 0 Å². The summed E-state index contributed by atoms with van der Waals surface area (Å²) in [7, 11) is 1.96. The molecule has 0 unspecified atom stereocenters. The highest BCUT2D eigenvalue weighted by molar-refractivity contribution is 7.73. The zero-order chi connectivity index (χ0) is 55.6. The monoisotopic (exact) mass is 1070 g/mol. The number of benzene rings is 8. The van der Waals surface area contributed by atoms with Crippen molar-refractivity contribution in [3.05, 3.63) is 237 Å². The Labute approximate surface area is 470 Å². The van der Waals surface area contributed by atoms with Gasteiger partial charge in [-0.2, -0.15) is 0 Å². The van der Waals surface area contributed by atoms with Crippen LogP contribution in [-0.4, -0.2) is 26.9 Å². The van der Waals surface area contributed by atoms with Crippen LogP contribution in [0.15, 0.2) is 170 Å². The molecule has 0 N–H and O–H groups in total. The highest BCUT2D eigenvalue weighted by Crippen LogP contribution is 2.46. The molecular formula is C72H82O4P2. The van der Waals surface area contributed by atoms with Crippen LogP contribution in [0, 0.1) is 0 Å². The molecule has 0 amide bonds. The molecule has 0 radical (unpaired) electrons. The van der Waals surface area contributed by atoms with Crippen molar-refractivity contribution in [2.24, 2.45) is 0 Å². The SMILES string of the molecule is COc1c2cc(C(C)(C)C)cc1Cc1cc(C(C)(C)C)cc(c1OCP(c1ccccc1)c1ccccc1)Cc1cc(C(C)(C)C)cc(c1OC)Cc1cc(C(C)(C)C)cc(c1OCP(c1ccccc1)c1ccccc1)C2. The van der Waals surface area contributed by atoms with Crippen LogP contribution in [-0.2, 0) is 47.3 Å². The van der Waals surface area contributed by atoms with Crippen LogP contribution in [0.5, 0.6) is 23.0 Å². The van der Waals surface area contributed by atoms with E-state index in [0.29, 0.717) is 38.4 Å². The third-order valence-corrected chi connectivity index (χ3v) is 19.8. The number of fused-ring (bicyclic) bond motifs is 8. The van der Waals surface area contributed by atoms with Crippen molar-refractivity contribution < 1.29 is 18.9 Å². The molecular weight excluding hydrogens is 991 g/mol. The lowest BCUT2D eigenvalue weighted by Gasteiger charge is -2.29. The van der Waals surface area contributed by atoms with E-state index < -0.39 is 15.8 Å². The van der Waals surface area contributed by atoms with Crippen LogP contribution in [0.25, 0.3) is 0 Å². The molecule has 8 aromatic rings. The Bertz CT molecular complexity index is 2940. The number of ether oxygens (including phenoxy) is 4. The summed E-state index contributed by atoms with van der Waals surface area (Å²) in [5, 5.41) is 5.14. The zero-order valence-electron chi connectivity index (χ0n) is 48.9. The molecule has 0 fully saturated rings. The molecule has 4 nitrogen and oxygen atoms in total. The second kappa shape index (κ2) is 23.3. The molecule has 8 bridgehead atoms. The Kier molecular flexibility index (Phi) is 16.9. The maximum absolute atomic E-state index is 7.58. The summed E-state index contributed by atoms with van der Waals surface area (Å²) in [5.41, 5.74) is 13.6. The van der Waals surface area contributed by atoms with E-state index in [1.165, 1.54) is 43.5 Å². The zero-order valence-corrected chi connectivity index (χ0v) is 50.7. The molecule has 1 aliphatic rings. The van der Waals surface area contributed by atoms with Gasteiger partial charge in [-0.1, -0.05) is 253 Å². The van der Waals surface area contributed by atoms with E-state index in [1.807, 2.05) is 14.2 Å². The largest absolute Gasteiger partial charge is 0.496 e. The van der Waals surface area contributed by atoms with Crippen molar-refractivity contribution in [2.45, 2.75) is 130 Å². The maximum atomic E-state index is 7.58. The number of hydrogen-bond donors (Lipinski definition) is 0. The van der Waals surface area contributed by atoms with Gasteiger partial charge in [0.05, 0.1) is 14.2 Å². The van der Waals surface area contributed by atoms with Crippen molar-refractivity contribution in [3.8, 4) is 23.0 Å². The summed E-state index contributed by atoms with van der Waals surface area (Å²) >= 11 is 0. The third kappa shape index (κ3) is 12.9. The van der Waals surface area contributed by atoms with Crippen LogP contribution >= 0.6 is 15.8 Å². The Morgan fingerprint density at radius 2 is 0.487 bits per heavy atom. The predicted molar refractivity (Wildman–Crippen MR) is 334 cm³/mol. The third-order valence-electron chi connectivity index (χ3n) is 15.3. The number of rotatable bonds is 12. The normalized spacial score (nSPS) is 13.1. The van der Waals surface area contributed by atoms with Gasteiger partial charge in [-0.25, -0.2) is 0 Å². The van der Waals surface area contributed by atoms with E-state index in [9.17, 15) is 0 Å². The van der Waals surface area contributed by atoms with E-state index in [-0.39, 0.29) is 21.7 Å². The first kappa shape index (κ1) is 56.5. The van der Waals surface area contributed by atoms with E-state index in [2.05, 4.69) is 253 Å². The molecule has 78 heavy (non-hydrogen) atoms. The summed E-state index contributed by atoms with van der Waals surface area (Å²) < 4.78 is 28.7. The lowest BCUT2D eigenvalue weighted by atomic mass is 9.79. The maximum Gasteiger partial charge on any atom is 0.126 e. The van der Waals surface area contributed by atoms with E-state index in [4.69, 9.17) is 18.9 Å². The lowest BCUT2D eigenvalue weighted by molar-refractivity contribution is 0.378. The first-order valence-electron chi connectivity index (χ1n) is 27.8. The van der Waals surface area contributed by atoms with Gasteiger partial charge in [-0.3, -0.25) is 0 Å². The molecule has 0 atom stereocenters. The fraction of sp³-hybridized carbons (Fsp3) is 0.333. The van der Waals surface area contributed by atoms with Crippen LogP contribution < -0.4 is 40.2 Å². The van der Waals surface area contributed by atoms with Crippen LogP contribution in [0.4, 0.5) is 0 Å². The van der Waals surface area contributed by atoms with Crippen molar-refractivity contribution in [1.82, 2.24) is 0 Å². The average molecular weight is 1070 g/mol. The number of hydrogen-bond acceptors (Lipinski definition) is 4. The summed E-state index contributed by atoms with van der Waals surface area (Å²) in [4.78, 5) is 0. The molecule has 0 saturated heterocycles. The highest BCUT2D eigenvalue weighted by Gasteiger charge is 2.30. The lowest BCUT2D eigenvalue weighted by Crippen LogP contribution is -2.19. The standard InChI is InChI=1S/C72H82O4P2/c1-69(2,3)57-39-49-35-53-43-59(71(7,8)9)45-55(67(53)75-47-77(61-27-19-15-20-28-61)62-29-21-16-22-30-62)37-51-41-58(70(4,5)6)42-52(66(51)74-14)38-56-46-60(72(10,11)12)44-54(36-50(40-57)65(49)73-13)68(56)76-48-78(63-31-23-17-24-32-63)64-33-25-18-26-34-64/h15-34,39-46H,35-38,47-48H2,1-14H3. The molecule has 0 heterocycles. The van der Waals surface area contributed by atoms with Crippen LogP contribution in [0.2, 0.25) is 0 Å². The minimum Gasteiger partial charge on any atom is -0.496 e. The second-order valence-corrected chi connectivity index (χ2v) is 29.6. The van der Waals surface area contributed by atoms with E-state index in [1.54, 1.807) is 0 Å². The van der Waals surface area contributed by atoms with Gasteiger partial charge in [0.15, 0.2) is 0 Å². The van der Waals surface area contributed by atoms with Gasteiger partial charge in [0.2, 0.25) is 0 Å². The molecule has 6 heteroatoms. The Morgan fingerprint density at radius 1 is 0.295 bits per heavy atom. The van der Waals surface area contributed by atoms with Crippen molar-refractivity contribution in [1.29, 1.82) is 0 Å². The molecule has 0 aliphatic heterocycles. The molecule has 0 aromatic heterocycles.